The average molecular weight is 238 g/mol. The molecule has 0 spiro atoms. The second-order valence-electron chi connectivity index (χ2n) is 4.74. The molecule has 0 saturated heterocycles. The van der Waals surface area contributed by atoms with Crippen molar-refractivity contribution in [3.63, 3.8) is 0 Å². The van der Waals surface area contributed by atoms with Crippen molar-refractivity contribution in [2.24, 2.45) is 0 Å². The maximum absolute atomic E-state index is 11.6. The zero-order valence-electron chi connectivity index (χ0n) is 10.3. The van der Waals surface area contributed by atoms with E-state index in [1.165, 1.54) is 16.3 Å². The van der Waals surface area contributed by atoms with Crippen LogP contribution in [0.2, 0.25) is 0 Å². The Hall–Kier alpha value is -2.09. The number of hydrogen-bond acceptors (Lipinski definition) is 2. The third-order valence-corrected chi connectivity index (χ3v) is 3.37. The van der Waals surface area contributed by atoms with Gasteiger partial charge in [-0.15, -0.1) is 0 Å². The van der Waals surface area contributed by atoms with Gasteiger partial charge in [0, 0.05) is 17.6 Å². The molecule has 0 radical (unpaired) electrons. The van der Waals surface area contributed by atoms with E-state index in [9.17, 15) is 4.79 Å². The van der Waals surface area contributed by atoms with Crippen LogP contribution in [0.3, 0.4) is 0 Å². The van der Waals surface area contributed by atoms with E-state index in [2.05, 4.69) is 24.8 Å². The monoisotopic (exact) mass is 238 g/mol. The van der Waals surface area contributed by atoms with Gasteiger partial charge in [0.1, 0.15) is 6.10 Å². The molecule has 0 fully saturated rings. The Labute approximate surface area is 106 Å². The van der Waals surface area contributed by atoms with E-state index in [4.69, 9.17) is 4.74 Å². The fourth-order valence-electron chi connectivity index (χ4n) is 2.53. The van der Waals surface area contributed by atoms with Crippen LogP contribution in [-0.4, -0.2) is 5.97 Å². The van der Waals surface area contributed by atoms with Gasteiger partial charge in [0.15, 0.2) is 0 Å². The van der Waals surface area contributed by atoms with Crippen LogP contribution >= 0.6 is 0 Å². The number of esters is 1. The molecule has 2 aromatic rings. The third-order valence-electron chi connectivity index (χ3n) is 3.37. The number of hydrogen-bond donors (Lipinski definition) is 0. The molecule has 1 atom stereocenters. The van der Waals surface area contributed by atoms with Gasteiger partial charge in [0.05, 0.1) is 0 Å². The van der Waals surface area contributed by atoms with Crippen LogP contribution in [0.15, 0.2) is 48.6 Å². The largest absolute Gasteiger partial charge is 0.454 e. The lowest BCUT2D eigenvalue weighted by atomic mass is 10.1. The highest BCUT2D eigenvalue weighted by molar-refractivity contribution is 5.92. The first kappa shape index (κ1) is 11.0. The second-order valence-corrected chi connectivity index (χ2v) is 4.74. The Morgan fingerprint density at radius 2 is 2.00 bits per heavy atom. The molecule has 0 saturated carbocycles. The Bertz CT molecular complexity index is 650. The molecule has 2 heteroatoms. The number of carbonyl (C=O) groups excluding carboxylic acids is 1. The summed E-state index contributed by atoms with van der Waals surface area (Å²) in [6.07, 6.45) is 0.589. The Morgan fingerprint density at radius 3 is 2.72 bits per heavy atom. The fourth-order valence-corrected chi connectivity index (χ4v) is 2.53. The van der Waals surface area contributed by atoms with Gasteiger partial charge in [0.2, 0.25) is 0 Å². The Morgan fingerprint density at radius 1 is 1.28 bits per heavy atom. The predicted octanol–water partition coefficient (Wildman–Crippen LogP) is 3.56. The molecule has 2 aromatic carbocycles. The summed E-state index contributed by atoms with van der Waals surface area (Å²) in [4.78, 5) is 11.6. The number of carbonyl (C=O) groups is 1. The molecule has 0 heterocycles. The van der Waals surface area contributed by atoms with Crippen molar-refractivity contribution in [2.45, 2.75) is 19.4 Å². The molecule has 1 unspecified atom stereocenters. The summed E-state index contributed by atoms with van der Waals surface area (Å²) in [6.45, 7) is 5.29. The van der Waals surface area contributed by atoms with E-state index in [1.807, 2.05) is 18.2 Å². The first-order valence-corrected chi connectivity index (χ1v) is 6.04. The summed E-state index contributed by atoms with van der Waals surface area (Å²) in [6, 6.07) is 12.4. The summed E-state index contributed by atoms with van der Waals surface area (Å²) in [5.41, 5.74) is 2.80. The van der Waals surface area contributed by atoms with Gasteiger partial charge in [-0.1, -0.05) is 43.0 Å². The number of benzene rings is 2. The van der Waals surface area contributed by atoms with Crippen LogP contribution in [0.4, 0.5) is 0 Å². The molecule has 0 aliphatic heterocycles. The van der Waals surface area contributed by atoms with Crippen molar-refractivity contribution in [1.29, 1.82) is 0 Å². The Kier molecular flexibility index (Phi) is 2.44. The maximum atomic E-state index is 11.6. The molecule has 90 valence electrons. The van der Waals surface area contributed by atoms with Crippen molar-refractivity contribution in [1.82, 2.24) is 0 Å². The molecule has 1 aliphatic carbocycles. The van der Waals surface area contributed by atoms with E-state index < -0.39 is 0 Å². The topological polar surface area (TPSA) is 26.3 Å². The summed E-state index contributed by atoms with van der Waals surface area (Å²) in [7, 11) is 0. The van der Waals surface area contributed by atoms with Gasteiger partial charge < -0.3 is 4.74 Å². The molecule has 0 aromatic heterocycles. The van der Waals surface area contributed by atoms with Crippen molar-refractivity contribution in [3.8, 4) is 0 Å². The SMILES string of the molecule is C=C(C)C(=O)OC1Cc2cccc3cccc1c23. The molecule has 0 N–H and O–H groups in total. The molecule has 1 aliphatic rings. The zero-order valence-corrected chi connectivity index (χ0v) is 10.3. The Balaban J connectivity index is 2.03. The average Bonchev–Trinajstić information content (AvgIpc) is 2.70. The van der Waals surface area contributed by atoms with Crippen molar-refractivity contribution >= 4 is 16.7 Å². The first-order chi connectivity index (χ1) is 8.66. The lowest BCUT2D eigenvalue weighted by molar-refractivity contribution is -0.144. The minimum Gasteiger partial charge on any atom is -0.454 e. The van der Waals surface area contributed by atoms with Crippen LogP contribution < -0.4 is 0 Å². The summed E-state index contributed by atoms with van der Waals surface area (Å²) in [5.74, 6) is -0.315. The lowest BCUT2D eigenvalue weighted by Crippen LogP contribution is -2.10. The highest BCUT2D eigenvalue weighted by atomic mass is 16.5. The standard InChI is InChI=1S/C16H14O2/c1-10(2)16(17)18-14-9-12-7-3-5-11-6-4-8-13(14)15(11)12/h3-8,14H,1,9H2,2H3. The predicted molar refractivity (Wildman–Crippen MR) is 71.3 cm³/mol. The van der Waals surface area contributed by atoms with Crippen molar-refractivity contribution < 1.29 is 9.53 Å². The quantitative estimate of drug-likeness (QED) is 0.590. The van der Waals surface area contributed by atoms with Gasteiger partial charge in [-0.25, -0.2) is 4.79 Å². The summed E-state index contributed by atoms with van der Waals surface area (Å²) in [5, 5.41) is 2.44. The summed E-state index contributed by atoms with van der Waals surface area (Å²) >= 11 is 0. The molecule has 2 nitrogen and oxygen atoms in total. The van der Waals surface area contributed by atoms with Crippen molar-refractivity contribution in [2.75, 3.05) is 0 Å². The van der Waals surface area contributed by atoms with Gasteiger partial charge in [-0.05, 0) is 23.3 Å². The van der Waals surface area contributed by atoms with Crippen LogP contribution in [0.5, 0.6) is 0 Å². The maximum Gasteiger partial charge on any atom is 0.333 e. The molecule has 0 amide bonds. The van der Waals surface area contributed by atoms with E-state index >= 15 is 0 Å². The van der Waals surface area contributed by atoms with E-state index in [-0.39, 0.29) is 12.1 Å². The van der Waals surface area contributed by atoms with Gasteiger partial charge in [0.25, 0.3) is 0 Å². The van der Waals surface area contributed by atoms with E-state index in [0.29, 0.717) is 5.57 Å². The highest BCUT2D eigenvalue weighted by Gasteiger charge is 2.27. The molecular weight excluding hydrogens is 224 g/mol. The second kappa shape index (κ2) is 3.98. The van der Waals surface area contributed by atoms with Crippen LogP contribution in [0, 0.1) is 0 Å². The minimum atomic E-state index is -0.315. The van der Waals surface area contributed by atoms with E-state index in [1.54, 1.807) is 6.92 Å². The van der Waals surface area contributed by atoms with E-state index in [0.717, 1.165) is 12.0 Å². The van der Waals surface area contributed by atoms with Gasteiger partial charge in [-0.3, -0.25) is 0 Å². The molecular formula is C16H14O2. The van der Waals surface area contributed by atoms with Gasteiger partial charge in [-0.2, -0.15) is 0 Å². The van der Waals surface area contributed by atoms with Crippen LogP contribution in [0.1, 0.15) is 24.2 Å². The zero-order chi connectivity index (χ0) is 12.7. The smallest absolute Gasteiger partial charge is 0.333 e. The summed E-state index contributed by atoms with van der Waals surface area (Å²) < 4.78 is 5.51. The van der Waals surface area contributed by atoms with Crippen LogP contribution in [-0.2, 0) is 16.0 Å². The highest BCUT2D eigenvalue weighted by Crippen LogP contribution is 2.38. The molecule has 0 bridgehead atoms. The molecule has 3 rings (SSSR count). The van der Waals surface area contributed by atoms with Crippen molar-refractivity contribution in [3.05, 3.63) is 59.7 Å². The third kappa shape index (κ3) is 1.61. The molecule has 18 heavy (non-hydrogen) atoms. The number of rotatable bonds is 2. The first-order valence-electron chi connectivity index (χ1n) is 6.04. The van der Waals surface area contributed by atoms with Crippen LogP contribution in [0.25, 0.3) is 10.8 Å². The normalized spacial score (nSPS) is 16.8. The lowest BCUT2D eigenvalue weighted by Gasteiger charge is -2.13. The van der Waals surface area contributed by atoms with Gasteiger partial charge >= 0.3 is 5.97 Å². The number of ether oxygens (including phenoxy) is 1. The minimum absolute atomic E-state index is 0.171. The fraction of sp³-hybridized carbons (Fsp3) is 0.188.